The normalized spacial score (nSPS) is 10.3. The molecule has 0 fully saturated rings. The van der Waals surface area contributed by atoms with Crippen LogP contribution in [0.25, 0.3) is 0 Å². The maximum atomic E-state index is 13.1. The van der Waals surface area contributed by atoms with Crippen LogP contribution in [-0.2, 0) is 0 Å². The van der Waals surface area contributed by atoms with E-state index in [4.69, 9.17) is 18.0 Å². The van der Waals surface area contributed by atoms with E-state index in [2.05, 4.69) is 4.90 Å². The van der Waals surface area contributed by atoms with Crippen molar-refractivity contribution in [2.45, 2.75) is 13.8 Å². The SMILES string of the molecule is CCN(c1ccc(F)cc1)c1ccc(C)cc1C(N)=S. The predicted octanol–water partition coefficient (Wildman–Crippen LogP) is 3.93. The maximum absolute atomic E-state index is 13.1. The summed E-state index contributed by atoms with van der Waals surface area (Å²) in [7, 11) is 0. The number of benzene rings is 2. The molecule has 2 rings (SSSR count). The van der Waals surface area contributed by atoms with Crippen LogP contribution in [0.4, 0.5) is 15.8 Å². The lowest BCUT2D eigenvalue weighted by Gasteiger charge is -2.26. The molecule has 0 aliphatic rings. The van der Waals surface area contributed by atoms with Gasteiger partial charge in [0.15, 0.2) is 0 Å². The third-order valence-corrected chi connectivity index (χ3v) is 3.38. The minimum Gasteiger partial charge on any atom is -0.389 e. The summed E-state index contributed by atoms with van der Waals surface area (Å²) < 4.78 is 13.1. The summed E-state index contributed by atoms with van der Waals surface area (Å²) in [6.45, 7) is 4.77. The zero-order chi connectivity index (χ0) is 14.7. The fourth-order valence-corrected chi connectivity index (χ4v) is 2.36. The van der Waals surface area contributed by atoms with E-state index in [1.54, 1.807) is 12.1 Å². The summed E-state index contributed by atoms with van der Waals surface area (Å²) in [6, 6.07) is 12.4. The van der Waals surface area contributed by atoms with E-state index >= 15 is 0 Å². The summed E-state index contributed by atoms with van der Waals surface area (Å²) in [5, 5.41) is 0. The van der Waals surface area contributed by atoms with Crippen molar-refractivity contribution in [2.24, 2.45) is 5.73 Å². The molecule has 0 radical (unpaired) electrons. The lowest BCUT2D eigenvalue weighted by Crippen LogP contribution is -2.21. The van der Waals surface area contributed by atoms with Crippen molar-refractivity contribution in [3.05, 3.63) is 59.4 Å². The highest BCUT2D eigenvalue weighted by Crippen LogP contribution is 2.29. The molecule has 2 N–H and O–H groups in total. The fourth-order valence-electron chi connectivity index (χ4n) is 2.20. The van der Waals surface area contributed by atoms with E-state index < -0.39 is 0 Å². The first kappa shape index (κ1) is 14.5. The smallest absolute Gasteiger partial charge is 0.123 e. The van der Waals surface area contributed by atoms with Gasteiger partial charge in [-0.05, 0) is 50.2 Å². The Morgan fingerprint density at radius 2 is 1.85 bits per heavy atom. The summed E-state index contributed by atoms with van der Waals surface area (Å²) in [4.78, 5) is 2.43. The lowest BCUT2D eigenvalue weighted by atomic mass is 10.1. The van der Waals surface area contributed by atoms with Gasteiger partial charge in [0, 0.05) is 17.8 Å². The third-order valence-electron chi connectivity index (χ3n) is 3.16. The monoisotopic (exact) mass is 288 g/mol. The second-order valence-electron chi connectivity index (χ2n) is 4.61. The molecule has 0 saturated carbocycles. The Hall–Kier alpha value is -1.94. The molecule has 0 atom stereocenters. The largest absolute Gasteiger partial charge is 0.389 e. The zero-order valence-corrected chi connectivity index (χ0v) is 12.4. The number of hydrogen-bond donors (Lipinski definition) is 1. The number of hydrogen-bond acceptors (Lipinski definition) is 2. The van der Waals surface area contributed by atoms with E-state index in [9.17, 15) is 4.39 Å². The molecular weight excluding hydrogens is 271 g/mol. The number of anilines is 2. The van der Waals surface area contributed by atoms with Gasteiger partial charge in [0.1, 0.15) is 10.8 Å². The minimum atomic E-state index is -0.247. The van der Waals surface area contributed by atoms with Crippen molar-refractivity contribution in [1.29, 1.82) is 0 Å². The third kappa shape index (κ3) is 2.96. The summed E-state index contributed by atoms with van der Waals surface area (Å²) in [5.41, 5.74) is 9.62. The molecule has 2 nitrogen and oxygen atoms in total. The van der Waals surface area contributed by atoms with Crippen molar-refractivity contribution >= 4 is 28.6 Å². The molecule has 20 heavy (non-hydrogen) atoms. The Balaban J connectivity index is 2.51. The Morgan fingerprint density at radius 1 is 1.20 bits per heavy atom. The van der Waals surface area contributed by atoms with Crippen molar-refractivity contribution in [2.75, 3.05) is 11.4 Å². The highest BCUT2D eigenvalue weighted by Gasteiger charge is 2.13. The topological polar surface area (TPSA) is 29.3 Å². The first-order chi connectivity index (χ1) is 9.52. The number of halogens is 1. The Morgan fingerprint density at radius 3 is 2.40 bits per heavy atom. The highest BCUT2D eigenvalue weighted by molar-refractivity contribution is 7.80. The van der Waals surface area contributed by atoms with Crippen LogP contribution in [0.15, 0.2) is 42.5 Å². The molecule has 0 spiro atoms. The Bertz CT molecular complexity index is 623. The maximum Gasteiger partial charge on any atom is 0.123 e. The number of nitrogens with zero attached hydrogens (tertiary/aromatic N) is 1. The van der Waals surface area contributed by atoms with E-state index in [0.717, 1.165) is 29.0 Å². The average molecular weight is 288 g/mol. The second kappa shape index (κ2) is 6.01. The van der Waals surface area contributed by atoms with Gasteiger partial charge in [0.2, 0.25) is 0 Å². The van der Waals surface area contributed by atoms with E-state index in [-0.39, 0.29) is 5.82 Å². The fraction of sp³-hybridized carbons (Fsp3) is 0.188. The Kier molecular flexibility index (Phi) is 4.35. The standard InChI is InChI=1S/C16H17FN2S/c1-3-19(13-7-5-12(17)6-8-13)15-9-4-11(2)10-14(15)16(18)20/h4-10H,3H2,1-2H3,(H2,18,20). The molecule has 2 aromatic carbocycles. The van der Waals surface area contributed by atoms with Crippen LogP contribution in [0.3, 0.4) is 0 Å². The first-order valence-electron chi connectivity index (χ1n) is 6.46. The summed E-state index contributed by atoms with van der Waals surface area (Å²) >= 11 is 5.14. The van der Waals surface area contributed by atoms with Crippen molar-refractivity contribution < 1.29 is 4.39 Å². The van der Waals surface area contributed by atoms with Gasteiger partial charge in [-0.25, -0.2) is 4.39 Å². The van der Waals surface area contributed by atoms with E-state index in [1.807, 2.05) is 32.0 Å². The van der Waals surface area contributed by atoms with E-state index in [1.165, 1.54) is 12.1 Å². The summed E-state index contributed by atoms with van der Waals surface area (Å²) in [6.07, 6.45) is 0. The number of rotatable bonds is 4. The number of nitrogens with two attached hydrogens (primary N) is 1. The molecule has 0 aromatic heterocycles. The van der Waals surface area contributed by atoms with Gasteiger partial charge in [-0.15, -0.1) is 0 Å². The highest BCUT2D eigenvalue weighted by atomic mass is 32.1. The van der Waals surface area contributed by atoms with Crippen LogP contribution in [0, 0.1) is 12.7 Å². The molecule has 0 aliphatic carbocycles. The van der Waals surface area contributed by atoms with Gasteiger partial charge < -0.3 is 10.6 Å². The van der Waals surface area contributed by atoms with Crippen LogP contribution in [0.5, 0.6) is 0 Å². The molecule has 2 aromatic rings. The molecule has 0 amide bonds. The summed E-state index contributed by atoms with van der Waals surface area (Å²) in [5.74, 6) is -0.247. The molecular formula is C16H17FN2S. The van der Waals surface area contributed by atoms with Crippen molar-refractivity contribution in [3.63, 3.8) is 0 Å². The predicted molar refractivity (Wildman–Crippen MR) is 86.1 cm³/mol. The van der Waals surface area contributed by atoms with Crippen LogP contribution >= 0.6 is 12.2 Å². The molecule has 0 unspecified atom stereocenters. The van der Waals surface area contributed by atoms with E-state index in [0.29, 0.717) is 4.99 Å². The average Bonchev–Trinajstić information content (AvgIpc) is 2.43. The minimum absolute atomic E-state index is 0.247. The molecule has 0 saturated heterocycles. The van der Waals surface area contributed by atoms with Gasteiger partial charge in [0.25, 0.3) is 0 Å². The van der Waals surface area contributed by atoms with Gasteiger partial charge in [-0.1, -0.05) is 23.8 Å². The molecule has 104 valence electrons. The van der Waals surface area contributed by atoms with Gasteiger partial charge in [0.05, 0.1) is 5.69 Å². The number of thiocarbonyl (C=S) groups is 1. The lowest BCUT2D eigenvalue weighted by molar-refractivity contribution is 0.628. The molecule has 0 heterocycles. The van der Waals surface area contributed by atoms with Crippen LogP contribution in [0.1, 0.15) is 18.1 Å². The van der Waals surface area contributed by atoms with Gasteiger partial charge in [-0.3, -0.25) is 0 Å². The second-order valence-corrected chi connectivity index (χ2v) is 5.05. The molecule has 0 aliphatic heterocycles. The van der Waals surface area contributed by atoms with Crippen LogP contribution in [-0.4, -0.2) is 11.5 Å². The van der Waals surface area contributed by atoms with Crippen molar-refractivity contribution in [3.8, 4) is 0 Å². The van der Waals surface area contributed by atoms with Crippen LogP contribution in [0.2, 0.25) is 0 Å². The first-order valence-corrected chi connectivity index (χ1v) is 6.87. The van der Waals surface area contributed by atoms with Crippen LogP contribution < -0.4 is 10.6 Å². The molecule has 0 bridgehead atoms. The zero-order valence-electron chi connectivity index (χ0n) is 11.6. The quantitative estimate of drug-likeness (QED) is 0.864. The van der Waals surface area contributed by atoms with Crippen molar-refractivity contribution in [1.82, 2.24) is 0 Å². The number of aryl methyl sites for hydroxylation is 1. The van der Waals surface area contributed by atoms with Gasteiger partial charge in [-0.2, -0.15) is 0 Å². The Labute approximate surface area is 124 Å². The molecule has 4 heteroatoms. The van der Waals surface area contributed by atoms with Gasteiger partial charge >= 0.3 is 0 Å².